The monoisotopic (exact) mass is 459 g/mol. The van der Waals surface area contributed by atoms with Crippen molar-refractivity contribution in [2.45, 2.75) is 70.0 Å². The zero-order chi connectivity index (χ0) is 23.0. The number of rotatable bonds is 9. The van der Waals surface area contributed by atoms with Gasteiger partial charge in [0.1, 0.15) is 0 Å². The van der Waals surface area contributed by atoms with Gasteiger partial charge in [-0.15, -0.1) is 0 Å². The van der Waals surface area contributed by atoms with Crippen LogP contribution in [-0.2, 0) is 11.3 Å². The van der Waals surface area contributed by atoms with Gasteiger partial charge in [-0.05, 0) is 59.7 Å². The van der Waals surface area contributed by atoms with Gasteiger partial charge in [0.2, 0.25) is 0 Å². The maximum Gasteiger partial charge on any atom is 0.316 e. The lowest BCUT2D eigenvalue weighted by Gasteiger charge is -2.32. The van der Waals surface area contributed by atoms with E-state index in [1.807, 2.05) is 12.4 Å². The van der Waals surface area contributed by atoms with Crippen LogP contribution in [0.25, 0.3) is 10.8 Å². The highest BCUT2D eigenvalue weighted by Crippen LogP contribution is 2.29. The Hall–Kier alpha value is -2.50. The molecule has 2 aliphatic rings. The molecule has 5 rings (SSSR count). The topological polar surface area (TPSA) is 56.3 Å². The number of piperidine rings is 1. The second kappa shape index (κ2) is 11.8. The van der Waals surface area contributed by atoms with Gasteiger partial charge in [-0.25, -0.2) is 9.97 Å². The fourth-order valence-electron chi connectivity index (χ4n) is 5.52. The smallest absolute Gasteiger partial charge is 0.316 e. The lowest BCUT2D eigenvalue weighted by atomic mass is 9.86. The minimum atomic E-state index is 0.103. The van der Waals surface area contributed by atoms with Gasteiger partial charge in [0.15, 0.2) is 0 Å². The molecule has 0 amide bonds. The van der Waals surface area contributed by atoms with E-state index >= 15 is 0 Å². The van der Waals surface area contributed by atoms with Gasteiger partial charge < -0.3 is 14.8 Å². The summed E-state index contributed by atoms with van der Waals surface area (Å²) in [6.45, 7) is 3.15. The molecule has 0 radical (unpaired) electrons. The van der Waals surface area contributed by atoms with Gasteiger partial charge in [-0.3, -0.25) is 0 Å². The van der Waals surface area contributed by atoms with Crippen LogP contribution in [0.2, 0.25) is 0 Å². The molecule has 0 bridgehead atoms. The molecular weight excluding hydrogens is 422 g/mol. The third-order valence-electron chi connectivity index (χ3n) is 7.49. The number of benzene rings is 2. The van der Waals surface area contributed by atoms with Crippen LogP contribution < -0.4 is 10.1 Å². The summed E-state index contributed by atoms with van der Waals surface area (Å²) < 4.78 is 12.2. The third kappa shape index (κ3) is 6.13. The Bertz CT molecular complexity index is 1030. The lowest BCUT2D eigenvalue weighted by Crippen LogP contribution is -2.41. The molecule has 1 saturated carbocycles. The maximum atomic E-state index is 6.40. The molecule has 2 fully saturated rings. The van der Waals surface area contributed by atoms with E-state index in [1.54, 1.807) is 0 Å². The molecule has 2 aromatic carbocycles. The standard InChI is InChI=1S/C29H37N3O2/c1-2-7-22(8-3-1)9-6-16-33-29-31-18-26(19-32-29)27-14-15-30-20-28(27)34-21-23-12-13-24-10-4-5-11-25(24)17-23/h4-5,10-13,17-19,22,27-28,30H,1-3,6-9,14-16,20-21H2. The Morgan fingerprint density at radius 3 is 2.59 bits per heavy atom. The SMILES string of the molecule is c1ccc2cc(COC3CNCCC3c3cnc(OCCCC4CCCCC4)nc3)ccc2c1. The van der Waals surface area contributed by atoms with Crippen molar-refractivity contribution in [3.63, 3.8) is 0 Å². The fraction of sp³-hybridized carbons (Fsp3) is 0.517. The van der Waals surface area contributed by atoms with E-state index in [1.165, 1.54) is 54.9 Å². The Morgan fingerprint density at radius 2 is 1.74 bits per heavy atom. The highest BCUT2D eigenvalue weighted by atomic mass is 16.5. The molecular formula is C29H37N3O2. The number of ether oxygens (including phenoxy) is 2. The molecule has 0 spiro atoms. The zero-order valence-corrected chi connectivity index (χ0v) is 20.1. The van der Waals surface area contributed by atoms with Gasteiger partial charge in [-0.1, -0.05) is 68.5 Å². The van der Waals surface area contributed by atoms with Crippen molar-refractivity contribution < 1.29 is 9.47 Å². The summed E-state index contributed by atoms with van der Waals surface area (Å²) in [6.07, 6.45) is 14.4. The minimum absolute atomic E-state index is 0.103. The fourth-order valence-corrected chi connectivity index (χ4v) is 5.52. The minimum Gasteiger partial charge on any atom is -0.463 e. The van der Waals surface area contributed by atoms with E-state index in [4.69, 9.17) is 9.47 Å². The van der Waals surface area contributed by atoms with Gasteiger partial charge in [0.25, 0.3) is 0 Å². The van der Waals surface area contributed by atoms with E-state index in [-0.39, 0.29) is 6.10 Å². The zero-order valence-electron chi connectivity index (χ0n) is 20.1. The van der Waals surface area contributed by atoms with Crippen LogP contribution in [-0.4, -0.2) is 35.8 Å². The van der Waals surface area contributed by atoms with Crippen molar-refractivity contribution >= 4 is 10.8 Å². The van der Waals surface area contributed by atoms with E-state index in [2.05, 4.69) is 57.7 Å². The summed E-state index contributed by atoms with van der Waals surface area (Å²) in [6, 6.07) is 15.5. The van der Waals surface area contributed by atoms with Gasteiger partial charge in [0.05, 0.1) is 19.3 Å². The molecule has 180 valence electrons. The summed E-state index contributed by atoms with van der Waals surface area (Å²) >= 11 is 0. The molecule has 34 heavy (non-hydrogen) atoms. The number of nitrogens with one attached hydrogen (secondary N) is 1. The Kier molecular flexibility index (Phi) is 8.05. The highest BCUT2D eigenvalue weighted by molar-refractivity contribution is 5.82. The van der Waals surface area contributed by atoms with E-state index in [0.29, 0.717) is 25.1 Å². The predicted molar refractivity (Wildman–Crippen MR) is 136 cm³/mol. The van der Waals surface area contributed by atoms with Crippen LogP contribution in [0.3, 0.4) is 0 Å². The van der Waals surface area contributed by atoms with E-state index in [0.717, 1.165) is 37.4 Å². The number of hydrogen-bond acceptors (Lipinski definition) is 5. The number of aromatic nitrogens is 2. The molecule has 3 aromatic rings. The maximum absolute atomic E-state index is 6.40. The van der Waals surface area contributed by atoms with Crippen molar-refractivity contribution in [3.8, 4) is 6.01 Å². The number of fused-ring (bicyclic) bond motifs is 1. The molecule has 5 nitrogen and oxygen atoms in total. The molecule has 1 N–H and O–H groups in total. The Labute approximate surface area is 203 Å². The first-order valence-corrected chi connectivity index (χ1v) is 13.1. The molecule has 1 saturated heterocycles. The quantitative estimate of drug-likeness (QED) is 0.396. The average molecular weight is 460 g/mol. The van der Waals surface area contributed by atoms with Crippen LogP contribution in [0.1, 0.15) is 68.4 Å². The van der Waals surface area contributed by atoms with Gasteiger partial charge >= 0.3 is 6.01 Å². The van der Waals surface area contributed by atoms with Crippen molar-refractivity contribution in [1.82, 2.24) is 15.3 Å². The predicted octanol–water partition coefficient (Wildman–Crippen LogP) is 6.03. The third-order valence-corrected chi connectivity index (χ3v) is 7.49. The first-order valence-electron chi connectivity index (χ1n) is 13.1. The Balaban J connectivity index is 1.13. The first kappa shape index (κ1) is 23.3. The first-order chi connectivity index (χ1) is 16.8. The number of hydrogen-bond donors (Lipinski definition) is 1. The molecule has 2 heterocycles. The molecule has 1 aliphatic carbocycles. The van der Waals surface area contributed by atoms with Gasteiger partial charge in [0, 0.05) is 24.9 Å². The summed E-state index contributed by atoms with van der Waals surface area (Å²) in [5.41, 5.74) is 2.34. The lowest BCUT2D eigenvalue weighted by molar-refractivity contribution is 0.0105. The van der Waals surface area contributed by atoms with Gasteiger partial charge in [-0.2, -0.15) is 0 Å². The second-order valence-corrected chi connectivity index (χ2v) is 9.92. The van der Waals surface area contributed by atoms with Crippen LogP contribution in [0.5, 0.6) is 6.01 Å². The summed E-state index contributed by atoms with van der Waals surface area (Å²) in [7, 11) is 0. The molecule has 2 atom stereocenters. The van der Waals surface area contributed by atoms with Crippen LogP contribution in [0.4, 0.5) is 0 Å². The Morgan fingerprint density at radius 1 is 0.912 bits per heavy atom. The van der Waals surface area contributed by atoms with Crippen LogP contribution in [0.15, 0.2) is 54.9 Å². The highest BCUT2D eigenvalue weighted by Gasteiger charge is 2.28. The average Bonchev–Trinajstić information content (AvgIpc) is 2.91. The molecule has 1 aliphatic heterocycles. The summed E-state index contributed by atoms with van der Waals surface area (Å²) in [5, 5.41) is 6.00. The molecule has 2 unspecified atom stereocenters. The summed E-state index contributed by atoms with van der Waals surface area (Å²) in [5.74, 6) is 1.19. The normalized spacial score (nSPS) is 21.5. The number of nitrogens with zero attached hydrogens (tertiary/aromatic N) is 2. The summed E-state index contributed by atoms with van der Waals surface area (Å²) in [4.78, 5) is 9.03. The van der Waals surface area contributed by atoms with Crippen molar-refractivity contribution in [3.05, 3.63) is 66.0 Å². The van der Waals surface area contributed by atoms with Crippen molar-refractivity contribution in [1.29, 1.82) is 0 Å². The van der Waals surface area contributed by atoms with E-state index in [9.17, 15) is 0 Å². The molecule has 5 heteroatoms. The van der Waals surface area contributed by atoms with Crippen LogP contribution in [0, 0.1) is 5.92 Å². The van der Waals surface area contributed by atoms with Crippen molar-refractivity contribution in [2.24, 2.45) is 5.92 Å². The van der Waals surface area contributed by atoms with Crippen LogP contribution >= 0.6 is 0 Å². The van der Waals surface area contributed by atoms with Crippen molar-refractivity contribution in [2.75, 3.05) is 19.7 Å². The largest absolute Gasteiger partial charge is 0.463 e. The van der Waals surface area contributed by atoms with E-state index < -0.39 is 0 Å². The second-order valence-electron chi connectivity index (χ2n) is 9.92. The molecule has 1 aromatic heterocycles.